The first-order valence-corrected chi connectivity index (χ1v) is 10.7. The normalized spacial score (nSPS) is 15.6. The lowest BCUT2D eigenvalue weighted by molar-refractivity contribution is -0.135. The van der Waals surface area contributed by atoms with Crippen LogP contribution in [0.5, 0.6) is 5.75 Å². The number of fused-ring (bicyclic) bond motifs is 1. The minimum absolute atomic E-state index is 0.219. The van der Waals surface area contributed by atoms with E-state index in [2.05, 4.69) is 5.10 Å². The van der Waals surface area contributed by atoms with Gasteiger partial charge < -0.3 is 13.6 Å². The average Bonchev–Trinajstić information content (AvgIpc) is 3.47. The number of hydrazone groups is 1. The molecule has 0 N–H and O–H groups in total. The first-order valence-electron chi connectivity index (χ1n) is 10.7. The summed E-state index contributed by atoms with van der Waals surface area (Å²) < 4.78 is 16.6. The summed E-state index contributed by atoms with van der Waals surface area (Å²) >= 11 is 0. The molecule has 0 bridgehead atoms. The second-order valence-electron chi connectivity index (χ2n) is 8.08. The van der Waals surface area contributed by atoms with Crippen molar-refractivity contribution in [2.45, 2.75) is 26.3 Å². The van der Waals surface area contributed by atoms with Crippen LogP contribution >= 0.6 is 0 Å². The lowest BCUT2D eigenvalue weighted by Crippen LogP contribution is -2.31. The smallest absolute Gasteiger partial charge is 0.336 e. The Morgan fingerprint density at radius 3 is 2.70 bits per heavy atom. The molecule has 2 aromatic heterocycles. The summed E-state index contributed by atoms with van der Waals surface area (Å²) in [5.74, 6) is 0.794. The zero-order valence-electron chi connectivity index (χ0n) is 18.3. The average molecular weight is 442 g/mol. The van der Waals surface area contributed by atoms with Crippen molar-refractivity contribution in [2.24, 2.45) is 5.10 Å². The summed E-state index contributed by atoms with van der Waals surface area (Å²) in [4.78, 5) is 24.8. The Balaban J connectivity index is 1.37. The predicted molar refractivity (Wildman–Crippen MR) is 123 cm³/mol. The summed E-state index contributed by atoms with van der Waals surface area (Å²) in [6.07, 6.45) is 2.13. The second-order valence-corrected chi connectivity index (χ2v) is 8.08. The molecule has 7 heteroatoms. The molecule has 0 saturated carbocycles. The fraction of sp³-hybridized carbons (Fsp3) is 0.192. The van der Waals surface area contributed by atoms with Gasteiger partial charge in [0.1, 0.15) is 23.1 Å². The van der Waals surface area contributed by atoms with Crippen LogP contribution in [0.2, 0.25) is 0 Å². The summed E-state index contributed by atoms with van der Waals surface area (Å²) in [6, 6.07) is 18.0. The van der Waals surface area contributed by atoms with Gasteiger partial charge in [-0.15, -0.1) is 0 Å². The largest absolute Gasteiger partial charge is 0.484 e. The molecule has 1 aliphatic heterocycles. The fourth-order valence-electron chi connectivity index (χ4n) is 3.97. The minimum atomic E-state index is -0.426. The number of carbonyl (C=O) groups excluding carboxylic acids is 1. The van der Waals surface area contributed by atoms with E-state index in [0.717, 1.165) is 27.8 Å². The van der Waals surface area contributed by atoms with Crippen molar-refractivity contribution in [1.29, 1.82) is 0 Å². The van der Waals surface area contributed by atoms with Crippen molar-refractivity contribution in [1.82, 2.24) is 5.01 Å². The van der Waals surface area contributed by atoms with Crippen molar-refractivity contribution in [2.75, 3.05) is 6.61 Å². The van der Waals surface area contributed by atoms with Crippen LogP contribution in [0.4, 0.5) is 0 Å². The number of ether oxygens (including phenoxy) is 1. The van der Waals surface area contributed by atoms with Gasteiger partial charge in [-0.2, -0.15) is 5.10 Å². The Bertz CT molecular complexity index is 1400. The SMILES string of the molecule is Cc1ccc(C2=NN(C(=O)COc3ccc4c(C)cc(=O)oc4c3)[C@H](c3ccco3)C2)cc1. The Hall–Kier alpha value is -4.13. The second kappa shape index (κ2) is 8.43. The van der Waals surface area contributed by atoms with Gasteiger partial charge in [-0.25, -0.2) is 9.80 Å². The molecule has 5 rings (SSSR count). The van der Waals surface area contributed by atoms with E-state index in [1.165, 1.54) is 11.1 Å². The van der Waals surface area contributed by atoms with Crippen molar-refractivity contribution in [3.63, 3.8) is 0 Å². The molecular formula is C26H22N2O5. The number of rotatable bonds is 5. The van der Waals surface area contributed by atoms with Gasteiger partial charge >= 0.3 is 5.63 Å². The molecule has 33 heavy (non-hydrogen) atoms. The maximum absolute atomic E-state index is 13.1. The summed E-state index contributed by atoms with van der Waals surface area (Å²) in [5, 5.41) is 6.86. The molecular weight excluding hydrogens is 420 g/mol. The number of hydrogen-bond acceptors (Lipinski definition) is 6. The van der Waals surface area contributed by atoms with Crippen molar-refractivity contribution in [3.05, 3.63) is 99.8 Å². The van der Waals surface area contributed by atoms with Gasteiger partial charge in [0.25, 0.3) is 5.91 Å². The first kappa shape index (κ1) is 20.8. The molecule has 1 atom stereocenters. The van der Waals surface area contributed by atoms with Crippen molar-refractivity contribution < 1.29 is 18.4 Å². The molecule has 0 aliphatic carbocycles. The van der Waals surface area contributed by atoms with Crippen molar-refractivity contribution in [3.8, 4) is 5.75 Å². The lowest BCUT2D eigenvalue weighted by atomic mass is 10.0. The molecule has 7 nitrogen and oxygen atoms in total. The predicted octanol–water partition coefficient (Wildman–Crippen LogP) is 4.76. The quantitative estimate of drug-likeness (QED) is 0.416. The number of hydrogen-bond donors (Lipinski definition) is 0. The number of carbonyl (C=O) groups is 1. The molecule has 1 aliphatic rings. The molecule has 0 fully saturated rings. The number of furan rings is 1. The summed E-state index contributed by atoms with van der Waals surface area (Å²) in [5.41, 5.74) is 3.74. The third-order valence-corrected chi connectivity index (χ3v) is 5.71. The van der Waals surface area contributed by atoms with E-state index < -0.39 is 5.63 Å². The van der Waals surface area contributed by atoms with E-state index in [-0.39, 0.29) is 18.6 Å². The highest BCUT2D eigenvalue weighted by molar-refractivity contribution is 6.03. The van der Waals surface area contributed by atoms with Gasteiger partial charge in [0, 0.05) is 23.9 Å². The van der Waals surface area contributed by atoms with Gasteiger partial charge in [0.05, 0.1) is 12.0 Å². The number of nitrogens with zero attached hydrogens (tertiary/aromatic N) is 2. The summed E-state index contributed by atoms with van der Waals surface area (Å²) in [7, 11) is 0. The van der Waals surface area contributed by atoms with Crippen LogP contribution in [-0.2, 0) is 4.79 Å². The van der Waals surface area contributed by atoms with Crippen LogP contribution < -0.4 is 10.4 Å². The molecule has 0 radical (unpaired) electrons. The van der Waals surface area contributed by atoms with E-state index >= 15 is 0 Å². The Morgan fingerprint density at radius 2 is 1.94 bits per heavy atom. The van der Waals surface area contributed by atoms with E-state index in [4.69, 9.17) is 13.6 Å². The molecule has 3 heterocycles. The number of benzene rings is 2. The summed E-state index contributed by atoms with van der Waals surface area (Å²) in [6.45, 7) is 3.65. The molecule has 1 amide bonds. The van der Waals surface area contributed by atoms with Crippen LogP contribution in [-0.4, -0.2) is 23.2 Å². The lowest BCUT2D eigenvalue weighted by Gasteiger charge is -2.20. The van der Waals surface area contributed by atoms with Crippen LogP contribution in [0.25, 0.3) is 11.0 Å². The molecule has 0 saturated heterocycles. The van der Waals surface area contributed by atoms with Gasteiger partial charge in [-0.1, -0.05) is 29.8 Å². The molecule has 166 valence electrons. The molecule has 0 unspecified atom stereocenters. The number of amides is 1. The number of aryl methyl sites for hydroxylation is 2. The van der Waals surface area contributed by atoms with Gasteiger partial charge in [-0.3, -0.25) is 4.79 Å². The third kappa shape index (κ3) is 4.17. The van der Waals surface area contributed by atoms with Crippen LogP contribution in [0.1, 0.15) is 34.9 Å². The highest BCUT2D eigenvalue weighted by Gasteiger charge is 2.35. The first-order chi connectivity index (χ1) is 16.0. The Labute approximate surface area is 189 Å². The maximum Gasteiger partial charge on any atom is 0.336 e. The minimum Gasteiger partial charge on any atom is -0.484 e. The maximum atomic E-state index is 13.1. The Kier molecular flexibility index (Phi) is 5.30. The molecule has 2 aromatic carbocycles. The highest BCUT2D eigenvalue weighted by Crippen LogP contribution is 2.33. The van der Waals surface area contributed by atoms with Gasteiger partial charge in [-0.05, 0) is 49.2 Å². The van der Waals surface area contributed by atoms with E-state index in [1.807, 2.05) is 50.2 Å². The van der Waals surface area contributed by atoms with Crippen LogP contribution in [0.15, 0.2) is 85.7 Å². The van der Waals surface area contributed by atoms with Gasteiger partial charge in [0.15, 0.2) is 6.61 Å². The molecule has 4 aromatic rings. The van der Waals surface area contributed by atoms with Gasteiger partial charge in [0.2, 0.25) is 0 Å². The van der Waals surface area contributed by atoms with Crippen LogP contribution in [0.3, 0.4) is 0 Å². The third-order valence-electron chi connectivity index (χ3n) is 5.71. The monoisotopic (exact) mass is 442 g/mol. The topological polar surface area (TPSA) is 85.3 Å². The zero-order chi connectivity index (χ0) is 22.9. The van der Waals surface area contributed by atoms with Crippen LogP contribution in [0, 0.1) is 13.8 Å². The van der Waals surface area contributed by atoms with Crippen molar-refractivity contribution >= 4 is 22.6 Å². The van der Waals surface area contributed by atoms with E-state index in [1.54, 1.807) is 24.5 Å². The highest BCUT2D eigenvalue weighted by atomic mass is 16.5. The van der Waals surface area contributed by atoms with E-state index in [0.29, 0.717) is 23.5 Å². The fourth-order valence-corrected chi connectivity index (χ4v) is 3.97. The van der Waals surface area contributed by atoms with E-state index in [9.17, 15) is 9.59 Å². The Morgan fingerprint density at radius 1 is 1.12 bits per heavy atom. The standard InChI is InChI=1S/C26H22N2O5/c1-16-5-7-18(8-6-16)21-14-22(23-4-3-11-31-23)28(27-21)25(29)15-32-19-9-10-20-17(2)12-26(30)33-24(20)13-19/h3-13,22H,14-15H2,1-2H3/t22-/m0/s1. The molecule has 0 spiro atoms. The zero-order valence-corrected chi connectivity index (χ0v) is 18.3.